The lowest BCUT2D eigenvalue weighted by molar-refractivity contribution is 0.422. The minimum Gasteiger partial charge on any atom is -0.364 e. The lowest BCUT2D eigenvalue weighted by Gasteiger charge is -1.88. The third-order valence-corrected chi connectivity index (χ3v) is 1.23. The summed E-state index contributed by atoms with van der Waals surface area (Å²) in [6, 6.07) is 3.47. The van der Waals surface area contributed by atoms with Crippen molar-refractivity contribution >= 4 is 0 Å². The highest BCUT2D eigenvalue weighted by atomic mass is 16.5. The molecule has 0 aliphatic rings. The van der Waals surface area contributed by atoms with Crippen LogP contribution in [-0.4, -0.2) is 15.1 Å². The fourth-order valence-electron chi connectivity index (χ4n) is 0.759. The molecule has 0 aromatic carbocycles. The van der Waals surface area contributed by atoms with Crippen LogP contribution in [0, 0.1) is 0 Å². The molecule has 0 spiro atoms. The summed E-state index contributed by atoms with van der Waals surface area (Å²) in [5.74, 6) is 0.584. The summed E-state index contributed by atoms with van der Waals surface area (Å²) in [6.45, 7) is 0. The average Bonchev–Trinajstić information content (AvgIpc) is 2.58. The quantitative estimate of drug-likeness (QED) is 0.606. The molecule has 0 aliphatic heterocycles. The predicted molar refractivity (Wildman–Crippen MR) is 37.5 cm³/mol. The molecule has 2 heterocycles. The molecule has 0 amide bonds. The Kier molecular flexibility index (Phi) is 1.37. The Balaban J connectivity index is 2.46. The molecule has 4 nitrogen and oxygen atoms in total. The molecule has 54 valence electrons. The molecule has 0 bridgehead atoms. The molecule has 4 heteroatoms. The molecule has 0 radical (unpaired) electrons. The van der Waals surface area contributed by atoms with Gasteiger partial charge >= 0.3 is 0 Å². The van der Waals surface area contributed by atoms with Crippen LogP contribution in [0.4, 0.5) is 0 Å². The van der Waals surface area contributed by atoms with Gasteiger partial charge in [-0.3, -0.25) is 0 Å². The van der Waals surface area contributed by atoms with E-state index < -0.39 is 0 Å². The van der Waals surface area contributed by atoms with Crippen LogP contribution >= 0.6 is 0 Å². The maximum absolute atomic E-state index is 4.64. The largest absolute Gasteiger partial charge is 0.364 e. The normalized spacial score (nSPS) is 9.82. The molecule has 0 unspecified atom stereocenters. The summed E-state index contributed by atoms with van der Waals surface area (Å²) >= 11 is 0. The summed E-state index contributed by atoms with van der Waals surface area (Å²) in [7, 11) is 0. The molecule has 2 aromatic rings. The monoisotopic (exact) mass is 147 g/mol. The van der Waals surface area contributed by atoms with E-state index in [0.717, 1.165) is 0 Å². The molecule has 0 atom stereocenters. The number of nitrogens with zero attached hydrogens (tertiary/aromatic N) is 3. The highest BCUT2D eigenvalue weighted by Gasteiger charge is 2.00. The smallest absolute Gasteiger partial charge is 0.181 e. The highest BCUT2D eigenvalue weighted by molar-refractivity contribution is 5.45. The van der Waals surface area contributed by atoms with E-state index in [9.17, 15) is 0 Å². The zero-order chi connectivity index (χ0) is 7.52. The molecule has 0 saturated carbocycles. The molecule has 0 saturated heterocycles. The second kappa shape index (κ2) is 2.49. The summed E-state index contributed by atoms with van der Waals surface area (Å²) in [4.78, 5) is 7.98. The van der Waals surface area contributed by atoms with Gasteiger partial charge in [0.25, 0.3) is 0 Å². The van der Waals surface area contributed by atoms with Gasteiger partial charge in [0.1, 0.15) is 6.26 Å². The zero-order valence-corrected chi connectivity index (χ0v) is 5.64. The van der Waals surface area contributed by atoms with Crippen molar-refractivity contribution in [1.82, 2.24) is 15.1 Å². The van der Waals surface area contributed by atoms with Crippen LogP contribution in [0.1, 0.15) is 0 Å². The maximum Gasteiger partial charge on any atom is 0.181 e. The molecule has 0 aliphatic carbocycles. The molecule has 2 rings (SSSR count). The minimum absolute atomic E-state index is 0.584. The van der Waals surface area contributed by atoms with E-state index in [1.807, 2.05) is 0 Å². The van der Waals surface area contributed by atoms with Crippen LogP contribution in [0.25, 0.3) is 11.5 Å². The van der Waals surface area contributed by atoms with E-state index in [0.29, 0.717) is 11.5 Å². The van der Waals surface area contributed by atoms with Gasteiger partial charge in [-0.1, -0.05) is 5.16 Å². The van der Waals surface area contributed by atoms with Gasteiger partial charge in [0.2, 0.25) is 0 Å². The molecule has 0 N–H and O–H groups in total. The average molecular weight is 147 g/mol. The van der Waals surface area contributed by atoms with Crippen LogP contribution in [0.3, 0.4) is 0 Å². The standard InChI is InChI=1S/C7H5N3O/c1-3-8-7(9-4-1)6-2-5-11-10-6/h1-5H. The minimum atomic E-state index is 0.584. The molecular formula is C7H5N3O. The summed E-state index contributed by atoms with van der Waals surface area (Å²) in [5, 5.41) is 3.69. The topological polar surface area (TPSA) is 51.8 Å². The fourth-order valence-corrected chi connectivity index (χ4v) is 0.759. The van der Waals surface area contributed by atoms with Gasteiger partial charge < -0.3 is 4.52 Å². The zero-order valence-electron chi connectivity index (χ0n) is 5.64. The van der Waals surface area contributed by atoms with Crippen molar-refractivity contribution in [3.05, 3.63) is 30.8 Å². The molecule has 0 fully saturated rings. The van der Waals surface area contributed by atoms with Gasteiger partial charge in [0, 0.05) is 18.5 Å². The highest BCUT2D eigenvalue weighted by Crippen LogP contribution is 2.08. The lowest BCUT2D eigenvalue weighted by atomic mass is 10.4. The first-order valence-electron chi connectivity index (χ1n) is 3.14. The first kappa shape index (κ1) is 6.03. The Morgan fingerprint density at radius 2 is 2.00 bits per heavy atom. The number of aromatic nitrogens is 3. The van der Waals surface area contributed by atoms with E-state index in [4.69, 9.17) is 0 Å². The Morgan fingerprint density at radius 1 is 1.18 bits per heavy atom. The second-order valence-corrected chi connectivity index (χ2v) is 1.96. The van der Waals surface area contributed by atoms with Gasteiger partial charge in [-0.25, -0.2) is 9.97 Å². The predicted octanol–water partition coefficient (Wildman–Crippen LogP) is 1.13. The first-order valence-corrected chi connectivity index (χ1v) is 3.14. The van der Waals surface area contributed by atoms with Gasteiger partial charge in [-0.2, -0.15) is 0 Å². The van der Waals surface area contributed by atoms with Crippen LogP contribution in [0.5, 0.6) is 0 Å². The molecular weight excluding hydrogens is 142 g/mol. The van der Waals surface area contributed by atoms with Crippen LogP contribution in [0.2, 0.25) is 0 Å². The van der Waals surface area contributed by atoms with E-state index in [2.05, 4.69) is 19.6 Å². The summed E-state index contributed by atoms with van der Waals surface area (Å²) in [6.07, 6.45) is 4.82. The van der Waals surface area contributed by atoms with E-state index >= 15 is 0 Å². The van der Waals surface area contributed by atoms with Crippen LogP contribution < -0.4 is 0 Å². The van der Waals surface area contributed by atoms with E-state index in [1.54, 1.807) is 24.5 Å². The Hall–Kier alpha value is -1.71. The van der Waals surface area contributed by atoms with Crippen molar-refractivity contribution in [1.29, 1.82) is 0 Å². The third kappa shape index (κ3) is 1.10. The van der Waals surface area contributed by atoms with Crippen molar-refractivity contribution in [3.8, 4) is 11.5 Å². The van der Waals surface area contributed by atoms with E-state index in [-0.39, 0.29) is 0 Å². The van der Waals surface area contributed by atoms with Crippen molar-refractivity contribution < 1.29 is 4.52 Å². The van der Waals surface area contributed by atoms with Crippen molar-refractivity contribution in [2.45, 2.75) is 0 Å². The Bertz CT molecular complexity index is 317. The lowest BCUT2D eigenvalue weighted by Crippen LogP contribution is -1.85. The van der Waals surface area contributed by atoms with Gasteiger partial charge in [0.05, 0.1) is 0 Å². The number of rotatable bonds is 1. The first-order chi connectivity index (χ1) is 5.47. The Labute approximate surface area is 62.9 Å². The summed E-state index contributed by atoms with van der Waals surface area (Å²) < 4.78 is 4.64. The number of hydrogen-bond acceptors (Lipinski definition) is 4. The van der Waals surface area contributed by atoms with Crippen molar-refractivity contribution in [2.24, 2.45) is 0 Å². The van der Waals surface area contributed by atoms with Crippen LogP contribution in [-0.2, 0) is 0 Å². The second-order valence-electron chi connectivity index (χ2n) is 1.96. The van der Waals surface area contributed by atoms with Crippen molar-refractivity contribution in [3.63, 3.8) is 0 Å². The van der Waals surface area contributed by atoms with E-state index in [1.165, 1.54) is 6.26 Å². The fraction of sp³-hybridized carbons (Fsp3) is 0. The Morgan fingerprint density at radius 3 is 2.64 bits per heavy atom. The van der Waals surface area contributed by atoms with Crippen molar-refractivity contribution in [2.75, 3.05) is 0 Å². The molecule has 11 heavy (non-hydrogen) atoms. The van der Waals surface area contributed by atoms with Gasteiger partial charge in [-0.15, -0.1) is 0 Å². The third-order valence-electron chi connectivity index (χ3n) is 1.23. The van der Waals surface area contributed by atoms with Gasteiger partial charge in [-0.05, 0) is 6.07 Å². The van der Waals surface area contributed by atoms with Gasteiger partial charge in [0.15, 0.2) is 11.5 Å². The SMILES string of the molecule is c1cnc(-c2ccon2)nc1. The maximum atomic E-state index is 4.64. The molecule has 2 aromatic heterocycles. The van der Waals surface area contributed by atoms with Crippen LogP contribution in [0.15, 0.2) is 35.3 Å². The summed E-state index contributed by atoms with van der Waals surface area (Å²) in [5.41, 5.74) is 0.658. The number of hydrogen-bond donors (Lipinski definition) is 0.